The summed E-state index contributed by atoms with van der Waals surface area (Å²) in [5, 5.41) is 19.8. The Kier molecular flexibility index (Phi) is 4.98. The molecule has 0 aliphatic carbocycles. The minimum atomic E-state index is -0.415. The normalized spacial score (nSPS) is 15.1. The number of halogens is 1. The van der Waals surface area contributed by atoms with Crippen LogP contribution >= 0.6 is 11.3 Å². The van der Waals surface area contributed by atoms with Gasteiger partial charge in [-0.25, -0.2) is 4.39 Å². The van der Waals surface area contributed by atoms with Crippen molar-refractivity contribution in [3.05, 3.63) is 35.1 Å². The fraction of sp³-hybridized carbons (Fsp3) is 0.333. The topological polar surface area (TPSA) is 85.2 Å². The maximum Gasteiger partial charge on any atom is 0.240 e. The van der Waals surface area contributed by atoms with E-state index in [1.807, 2.05) is 15.9 Å². The molecule has 0 spiro atoms. The van der Waals surface area contributed by atoms with Gasteiger partial charge in [-0.3, -0.25) is 15.0 Å². The van der Waals surface area contributed by atoms with Crippen LogP contribution in [0.1, 0.15) is 5.56 Å². The van der Waals surface area contributed by atoms with Gasteiger partial charge in [0.25, 0.3) is 0 Å². The van der Waals surface area contributed by atoms with Crippen LogP contribution in [0.3, 0.4) is 0 Å². The highest BCUT2D eigenvalue weighted by Crippen LogP contribution is 2.22. The Hall–Kier alpha value is -2.57. The quantitative estimate of drug-likeness (QED) is 0.898. The molecule has 0 atom stereocenters. The third kappa shape index (κ3) is 3.84. The zero-order chi connectivity index (χ0) is 16.9. The first-order valence-electron chi connectivity index (χ1n) is 7.38. The summed E-state index contributed by atoms with van der Waals surface area (Å²) < 4.78 is 13.2. The summed E-state index contributed by atoms with van der Waals surface area (Å²) in [7, 11) is 0. The summed E-state index contributed by atoms with van der Waals surface area (Å²) in [5.74, 6) is -0.540. The average molecular weight is 346 g/mol. The molecule has 9 heteroatoms. The number of rotatable bonds is 4. The van der Waals surface area contributed by atoms with Crippen molar-refractivity contribution in [1.82, 2.24) is 15.1 Å². The second-order valence-corrected chi connectivity index (χ2v) is 6.16. The molecule has 1 aliphatic rings. The molecule has 1 aromatic carbocycles. The van der Waals surface area contributed by atoms with E-state index in [2.05, 4.69) is 15.5 Å². The minimum Gasteiger partial charge on any atom is -0.368 e. The van der Waals surface area contributed by atoms with Crippen molar-refractivity contribution in [1.29, 1.82) is 5.26 Å². The van der Waals surface area contributed by atoms with E-state index >= 15 is 0 Å². The second kappa shape index (κ2) is 7.33. The van der Waals surface area contributed by atoms with Gasteiger partial charge in [0.1, 0.15) is 17.4 Å². The van der Waals surface area contributed by atoms with Gasteiger partial charge in [0.05, 0.1) is 17.8 Å². The number of carbonyl (C=O) groups is 1. The molecular formula is C15H15FN6OS. The summed E-state index contributed by atoms with van der Waals surface area (Å²) in [5.41, 5.74) is 2.62. The molecular weight excluding hydrogens is 331 g/mol. The zero-order valence-corrected chi connectivity index (χ0v) is 13.6. The number of hydrogen-bond donors (Lipinski definition) is 1. The maximum atomic E-state index is 13.2. The number of nitrogens with one attached hydrogen (secondary N) is 1. The molecule has 7 nitrogen and oxygen atoms in total. The Morgan fingerprint density at radius 2 is 2.17 bits per heavy atom. The van der Waals surface area contributed by atoms with Gasteiger partial charge in [-0.2, -0.15) is 5.26 Å². The number of nitriles is 1. The number of nitrogens with zero attached hydrogens (tertiary/aromatic N) is 5. The molecule has 1 aromatic heterocycles. The molecule has 2 aromatic rings. The lowest BCUT2D eigenvalue weighted by atomic mass is 10.1. The third-order valence-corrected chi connectivity index (χ3v) is 4.37. The lowest BCUT2D eigenvalue weighted by molar-refractivity contribution is -0.117. The van der Waals surface area contributed by atoms with E-state index < -0.39 is 5.82 Å². The van der Waals surface area contributed by atoms with Crippen molar-refractivity contribution in [2.45, 2.75) is 0 Å². The summed E-state index contributed by atoms with van der Waals surface area (Å²) in [6.45, 7) is 3.00. The largest absolute Gasteiger partial charge is 0.368 e. The predicted molar refractivity (Wildman–Crippen MR) is 88.3 cm³/mol. The molecule has 24 heavy (non-hydrogen) atoms. The number of amides is 1. The van der Waals surface area contributed by atoms with Gasteiger partial charge in [0.2, 0.25) is 11.0 Å². The van der Waals surface area contributed by atoms with Crippen LogP contribution in [0.25, 0.3) is 0 Å². The van der Waals surface area contributed by atoms with Crippen molar-refractivity contribution >= 4 is 28.1 Å². The van der Waals surface area contributed by atoms with Crippen molar-refractivity contribution in [3.8, 4) is 6.07 Å². The Morgan fingerprint density at radius 1 is 1.38 bits per heavy atom. The Bertz CT molecular complexity index is 752. The average Bonchev–Trinajstić information content (AvgIpc) is 3.08. The molecule has 2 heterocycles. The van der Waals surface area contributed by atoms with Crippen LogP contribution in [0.4, 0.5) is 15.2 Å². The number of carbonyl (C=O) groups excluding carboxylic acids is 1. The van der Waals surface area contributed by atoms with Gasteiger partial charge in [-0.05, 0) is 18.2 Å². The van der Waals surface area contributed by atoms with Crippen LogP contribution < -0.4 is 10.2 Å². The molecule has 0 radical (unpaired) electrons. The van der Waals surface area contributed by atoms with Crippen molar-refractivity contribution in [2.75, 3.05) is 42.9 Å². The van der Waals surface area contributed by atoms with Gasteiger partial charge < -0.3 is 4.90 Å². The fourth-order valence-electron chi connectivity index (χ4n) is 2.61. The molecule has 124 valence electrons. The van der Waals surface area contributed by atoms with E-state index in [1.165, 1.54) is 23.5 Å². The van der Waals surface area contributed by atoms with Crippen LogP contribution in [-0.4, -0.2) is 53.7 Å². The van der Waals surface area contributed by atoms with Crippen molar-refractivity contribution < 1.29 is 9.18 Å². The molecule has 1 amide bonds. The number of anilines is 2. The lowest BCUT2D eigenvalue weighted by Gasteiger charge is -2.36. The summed E-state index contributed by atoms with van der Waals surface area (Å²) >= 11 is 1.27. The molecule has 0 saturated carbocycles. The van der Waals surface area contributed by atoms with Gasteiger partial charge in [-0.1, -0.05) is 11.3 Å². The van der Waals surface area contributed by atoms with E-state index in [0.717, 1.165) is 5.69 Å². The first-order valence-corrected chi connectivity index (χ1v) is 8.26. The summed E-state index contributed by atoms with van der Waals surface area (Å²) in [6.07, 6.45) is 0. The highest BCUT2D eigenvalue weighted by molar-refractivity contribution is 7.13. The van der Waals surface area contributed by atoms with Crippen LogP contribution in [0, 0.1) is 17.1 Å². The standard InChI is InChI=1S/C15H15FN6OS/c16-12-1-2-13(11(7-12)8-17)22-5-3-21(4-6-22)9-14(23)19-15-20-18-10-24-15/h1-2,7,10H,3-6,9H2,(H,19,20,23). The SMILES string of the molecule is N#Cc1cc(F)ccc1N1CCN(CC(=O)Nc2nncs2)CC1. The van der Waals surface area contributed by atoms with Crippen molar-refractivity contribution in [2.24, 2.45) is 0 Å². The highest BCUT2D eigenvalue weighted by atomic mass is 32.1. The molecule has 1 fully saturated rings. The van der Waals surface area contributed by atoms with E-state index in [4.69, 9.17) is 5.26 Å². The third-order valence-electron chi connectivity index (χ3n) is 3.77. The molecule has 0 unspecified atom stereocenters. The molecule has 0 bridgehead atoms. The second-order valence-electron chi connectivity index (χ2n) is 5.33. The smallest absolute Gasteiger partial charge is 0.240 e. The molecule has 1 aliphatic heterocycles. The highest BCUT2D eigenvalue weighted by Gasteiger charge is 2.21. The van der Waals surface area contributed by atoms with Crippen molar-refractivity contribution in [3.63, 3.8) is 0 Å². The fourth-order valence-corrected chi connectivity index (χ4v) is 3.07. The Labute approximate surface area is 142 Å². The minimum absolute atomic E-state index is 0.125. The molecule has 1 saturated heterocycles. The number of hydrogen-bond acceptors (Lipinski definition) is 7. The number of benzene rings is 1. The van der Waals surface area contributed by atoms with Crippen LogP contribution in [0.5, 0.6) is 0 Å². The monoisotopic (exact) mass is 346 g/mol. The summed E-state index contributed by atoms with van der Waals surface area (Å²) in [4.78, 5) is 16.0. The zero-order valence-electron chi connectivity index (χ0n) is 12.8. The van der Waals surface area contributed by atoms with Gasteiger partial charge in [-0.15, -0.1) is 10.2 Å². The first-order chi connectivity index (χ1) is 11.7. The summed E-state index contributed by atoms with van der Waals surface area (Å²) in [6, 6.07) is 6.27. The van der Waals surface area contributed by atoms with E-state index in [-0.39, 0.29) is 12.5 Å². The first kappa shape index (κ1) is 16.3. The molecule has 3 rings (SSSR count). The van der Waals surface area contributed by atoms with Gasteiger partial charge in [0.15, 0.2) is 0 Å². The van der Waals surface area contributed by atoms with E-state index in [0.29, 0.717) is 36.9 Å². The van der Waals surface area contributed by atoms with E-state index in [1.54, 1.807) is 11.6 Å². The number of piperazine rings is 1. The maximum absolute atomic E-state index is 13.2. The predicted octanol–water partition coefficient (Wildman–Crippen LogP) is 1.31. The van der Waals surface area contributed by atoms with Gasteiger partial charge >= 0.3 is 0 Å². The van der Waals surface area contributed by atoms with Crippen LogP contribution in [-0.2, 0) is 4.79 Å². The van der Waals surface area contributed by atoms with E-state index in [9.17, 15) is 9.18 Å². The van der Waals surface area contributed by atoms with Crippen LogP contribution in [0.15, 0.2) is 23.7 Å². The van der Waals surface area contributed by atoms with Gasteiger partial charge in [0, 0.05) is 26.2 Å². The lowest BCUT2D eigenvalue weighted by Crippen LogP contribution is -2.48. The Morgan fingerprint density at radius 3 is 2.83 bits per heavy atom. The Balaban J connectivity index is 1.54. The molecule has 1 N–H and O–H groups in total. The van der Waals surface area contributed by atoms with Crippen LogP contribution in [0.2, 0.25) is 0 Å². The number of aromatic nitrogens is 2.